The quantitative estimate of drug-likeness (QED) is 0.216. The number of fused-ring (bicyclic) bond motifs is 5. The molecule has 1 heteroatoms. The molecule has 6 aromatic carbocycles. The van der Waals surface area contributed by atoms with Crippen molar-refractivity contribution >= 4 is 22.4 Å². The third-order valence-corrected chi connectivity index (χ3v) is 8.03. The van der Waals surface area contributed by atoms with E-state index in [1.807, 2.05) is 19.9 Å². The summed E-state index contributed by atoms with van der Waals surface area (Å²) in [5.74, 6) is 0. The van der Waals surface area contributed by atoms with Crippen molar-refractivity contribution in [3.63, 3.8) is 0 Å². The molecule has 0 N–H and O–H groups in total. The summed E-state index contributed by atoms with van der Waals surface area (Å²) in [5.41, 5.74) is 10.9. The molecule has 0 aromatic heterocycles. The van der Waals surface area contributed by atoms with Gasteiger partial charge in [-0.3, -0.25) is 0 Å². The van der Waals surface area contributed by atoms with E-state index >= 15 is 0 Å². The summed E-state index contributed by atoms with van der Waals surface area (Å²) >= 11 is 6.48. The second-order valence-corrected chi connectivity index (χ2v) is 10.4. The summed E-state index contributed by atoms with van der Waals surface area (Å²) in [7, 11) is 0. The smallest absolute Gasteiger partial charge is 0.0713 e. The first-order valence-corrected chi connectivity index (χ1v) is 14.1. The van der Waals surface area contributed by atoms with E-state index in [0.717, 1.165) is 16.1 Å². The zero-order valence-electron chi connectivity index (χ0n) is 22.6. The van der Waals surface area contributed by atoms with Gasteiger partial charge in [0.2, 0.25) is 0 Å². The third-order valence-electron chi connectivity index (χ3n) is 7.82. The molecule has 6 aromatic rings. The molecule has 0 radical (unpaired) electrons. The van der Waals surface area contributed by atoms with Gasteiger partial charge in [0.05, 0.1) is 5.41 Å². The summed E-state index contributed by atoms with van der Waals surface area (Å²) in [6, 6.07) is 48.6. The van der Waals surface area contributed by atoms with Crippen LogP contribution in [0.25, 0.3) is 33.0 Å². The standard InChI is InChI=1S/C36H25Cl.C2H6/c1-24-20-27(22-30(37)21-24)26-17-18-33-32(23-26)35-31-15-9-8-10-25(31)16-19-34(35)36(33,28-11-4-2-5-12-28)29-13-6-3-7-14-29;1-2/h2-23H,1H3;1-2H3. The van der Waals surface area contributed by atoms with Gasteiger partial charge in [0.25, 0.3) is 0 Å². The molecule has 190 valence electrons. The summed E-state index contributed by atoms with van der Waals surface area (Å²) in [5, 5.41) is 3.31. The molecule has 0 spiro atoms. The molecule has 7 rings (SSSR count). The molecular weight excluding hydrogens is 492 g/mol. The van der Waals surface area contributed by atoms with Crippen LogP contribution in [0.2, 0.25) is 5.02 Å². The van der Waals surface area contributed by atoms with E-state index in [1.165, 1.54) is 49.7 Å². The number of hydrogen-bond acceptors (Lipinski definition) is 0. The van der Waals surface area contributed by atoms with Gasteiger partial charge in [0, 0.05) is 5.02 Å². The highest BCUT2D eigenvalue weighted by atomic mass is 35.5. The van der Waals surface area contributed by atoms with Crippen molar-refractivity contribution < 1.29 is 0 Å². The van der Waals surface area contributed by atoms with E-state index < -0.39 is 5.41 Å². The minimum atomic E-state index is -0.403. The van der Waals surface area contributed by atoms with Crippen molar-refractivity contribution in [3.8, 4) is 22.3 Å². The van der Waals surface area contributed by atoms with Gasteiger partial charge in [-0.15, -0.1) is 0 Å². The summed E-state index contributed by atoms with van der Waals surface area (Å²) in [6.45, 7) is 6.10. The normalized spacial score (nSPS) is 12.8. The van der Waals surface area contributed by atoms with Crippen LogP contribution in [0.4, 0.5) is 0 Å². The first kappa shape index (κ1) is 25.2. The van der Waals surface area contributed by atoms with E-state index in [-0.39, 0.29) is 0 Å². The molecular formula is C38H31Cl. The number of hydrogen-bond donors (Lipinski definition) is 0. The Hall–Kier alpha value is -4.13. The minimum Gasteiger partial charge on any atom is -0.0843 e. The highest BCUT2D eigenvalue weighted by molar-refractivity contribution is 6.31. The zero-order valence-corrected chi connectivity index (χ0v) is 23.3. The lowest BCUT2D eigenvalue weighted by atomic mass is 9.67. The average Bonchev–Trinajstić information content (AvgIpc) is 3.29. The van der Waals surface area contributed by atoms with Crippen LogP contribution < -0.4 is 0 Å². The van der Waals surface area contributed by atoms with Crippen LogP contribution in [0.15, 0.2) is 133 Å². The molecule has 1 aliphatic carbocycles. The fourth-order valence-electron chi connectivity index (χ4n) is 6.34. The molecule has 0 unspecified atom stereocenters. The van der Waals surface area contributed by atoms with Gasteiger partial charge >= 0.3 is 0 Å². The Kier molecular flexibility index (Phi) is 6.59. The third kappa shape index (κ3) is 3.99. The molecule has 0 atom stereocenters. The van der Waals surface area contributed by atoms with Gasteiger partial charge in [0.1, 0.15) is 0 Å². The molecule has 0 bridgehead atoms. The molecule has 39 heavy (non-hydrogen) atoms. The molecule has 1 aliphatic rings. The first-order chi connectivity index (χ1) is 19.2. The lowest BCUT2D eigenvalue weighted by Crippen LogP contribution is -2.28. The fourth-order valence-corrected chi connectivity index (χ4v) is 6.63. The summed E-state index contributed by atoms with van der Waals surface area (Å²) in [4.78, 5) is 0. The SMILES string of the molecule is CC.Cc1cc(Cl)cc(-c2ccc3c(c2)-c2c(ccc4ccccc24)C3(c2ccccc2)c2ccccc2)c1. The summed E-state index contributed by atoms with van der Waals surface area (Å²) < 4.78 is 0. The van der Waals surface area contributed by atoms with Crippen LogP contribution in [0.1, 0.15) is 41.7 Å². The average molecular weight is 523 g/mol. The van der Waals surface area contributed by atoms with Crippen LogP contribution in [-0.4, -0.2) is 0 Å². The lowest BCUT2D eigenvalue weighted by Gasteiger charge is -2.34. The lowest BCUT2D eigenvalue weighted by molar-refractivity contribution is 0.769. The molecule has 0 nitrogen and oxygen atoms in total. The highest BCUT2D eigenvalue weighted by Crippen LogP contribution is 2.58. The first-order valence-electron chi connectivity index (χ1n) is 13.7. The topological polar surface area (TPSA) is 0 Å². The van der Waals surface area contributed by atoms with E-state index in [2.05, 4.69) is 134 Å². The largest absolute Gasteiger partial charge is 0.0843 e. The van der Waals surface area contributed by atoms with Crippen LogP contribution in [-0.2, 0) is 5.41 Å². The number of benzene rings is 6. The fraction of sp³-hybridized carbons (Fsp3) is 0.105. The maximum absolute atomic E-state index is 6.48. The number of aryl methyl sites for hydroxylation is 1. The predicted molar refractivity (Wildman–Crippen MR) is 168 cm³/mol. The second kappa shape index (κ2) is 10.2. The Morgan fingerprint density at radius 1 is 0.538 bits per heavy atom. The molecule has 0 heterocycles. The van der Waals surface area contributed by atoms with Crippen LogP contribution >= 0.6 is 11.6 Å². The van der Waals surface area contributed by atoms with E-state index in [1.54, 1.807) is 0 Å². The minimum absolute atomic E-state index is 0.403. The van der Waals surface area contributed by atoms with Gasteiger partial charge in [-0.2, -0.15) is 0 Å². The molecule has 0 saturated carbocycles. The maximum Gasteiger partial charge on any atom is 0.0713 e. The molecule has 0 saturated heterocycles. The van der Waals surface area contributed by atoms with Gasteiger partial charge in [-0.25, -0.2) is 0 Å². The highest BCUT2D eigenvalue weighted by Gasteiger charge is 2.46. The number of rotatable bonds is 3. The van der Waals surface area contributed by atoms with E-state index in [9.17, 15) is 0 Å². The van der Waals surface area contributed by atoms with Crippen molar-refractivity contribution in [1.29, 1.82) is 0 Å². The van der Waals surface area contributed by atoms with Crippen LogP contribution in [0, 0.1) is 6.92 Å². The van der Waals surface area contributed by atoms with Gasteiger partial charge in [0.15, 0.2) is 0 Å². The van der Waals surface area contributed by atoms with Gasteiger partial charge in [-0.1, -0.05) is 141 Å². The van der Waals surface area contributed by atoms with E-state index in [4.69, 9.17) is 11.6 Å². The van der Waals surface area contributed by atoms with Crippen molar-refractivity contribution in [3.05, 3.63) is 166 Å². The summed E-state index contributed by atoms with van der Waals surface area (Å²) in [6.07, 6.45) is 0. The number of halogens is 1. The molecule has 0 amide bonds. The van der Waals surface area contributed by atoms with Crippen molar-refractivity contribution in [2.45, 2.75) is 26.2 Å². The Morgan fingerprint density at radius 3 is 1.82 bits per heavy atom. The Morgan fingerprint density at radius 2 is 1.15 bits per heavy atom. The second-order valence-electron chi connectivity index (χ2n) is 9.97. The molecule has 0 fully saturated rings. The Balaban J connectivity index is 0.00000135. The van der Waals surface area contributed by atoms with Crippen molar-refractivity contribution in [1.82, 2.24) is 0 Å². The van der Waals surface area contributed by atoms with Gasteiger partial charge < -0.3 is 0 Å². The monoisotopic (exact) mass is 522 g/mol. The predicted octanol–water partition coefficient (Wildman–Crippen LogP) is 10.9. The van der Waals surface area contributed by atoms with Gasteiger partial charge in [-0.05, 0) is 86.0 Å². The Labute approximate surface area is 236 Å². The molecule has 0 aliphatic heterocycles. The van der Waals surface area contributed by atoms with Crippen molar-refractivity contribution in [2.24, 2.45) is 0 Å². The maximum atomic E-state index is 6.48. The van der Waals surface area contributed by atoms with Crippen LogP contribution in [0.3, 0.4) is 0 Å². The van der Waals surface area contributed by atoms with Crippen LogP contribution in [0.5, 0.6) is 0 Å². The van der Waals surface area contributed by atoms with Crippen molar-refractivity contribution in [2.75, 3.05) is 0 Å². The zero-order chi connectivity index (χ0) is 27.0. The Bertz CT molecular complexity index is 1720. The van der Waals surface area contributed by atoms with E-state index in [0.29, 0.717) is 0 Å².